The highest BCUT2D eigenvalue weighted by Crippen LogP contribution is 2.26. The van der Waals surface area contributed by atoms with Crippen molar-refractivity contribution in [2.75, 3.05) is 0 Å². The predicted octanol–water partition coefficient (Wildman–Crippen LogP) is 2.46. The Morgan fingerprint density at radius 3 is 2.63 bits per heavy atom. The number of thiazole rings is 1. The van der Waals surface area contributed by atoms with Crippen LogP contribution in [0.3, 0.4) is 0 Å². The van der Waals surface area contributed by atoms with Crippen molar-refractivity contribution in [1.82, 2.24) is 10.4 Å². The Bertz CT molecular complexity index is 563. The van der Waals surface area contributed by atoms with E-state index in [4.69, 9.17) is 5.84 Å². The van der Waals surface area contributed by atoms with Crippen LogP contribution in [0.5, 0.6) is 0 Å². The molecule has 0 saturated heterocycles. The van der Waals surface area contributed by atoms with Gasteiger partial charge in [0, 0.05) is 6.42 Å². The molecule has 0 saturated carbocycles. The lowest BCUT2D eigenvalue weighted by atomic mass is 10.1. The molecule has 1 amide bonds. The quantitative estimate of drug-likeness (QED) is 0.511. The summed E-state index contributed by atoms with van der Waals surface area (Å²) in [6.45, 7) is 4.04. The van der Waals surface area contributed by atoms with E-state index in [1.807, 2.05) is 32.0 Å². The maximum atomic E-state index is 11.7. The largest absolute Gasteiger partial charge is 0.289 e. The Kier molecular flexibility index (Phi) is 4.29. The van der Waals surface area contributed by atoms with Crippen LogP contribution in [0.1, 0.15) is 45.7 Å². The van der Waals surface area contributed by atoms with Gasteiger partial charge < -0.3 is 0 Å². The second-order valence-corrected chi connectivity index (χ2v) is 5.70. The molecule has 0 aliphatic rings. The molecular weight excluding hydrogens is 258 g/mol. The first-order valence-corrected chi connectivity index (χ1v) is 6.98. The van der Waals surface area contributed by atoms with Crippen LogP contribution < -0.4 is 11.3 Å². The molecule has 4 nitrogen and oxygen atoms in total. The minimum Gasteiger partial charge on any atom is -0.289 e. The van der Waals surface area contributed by atoms with Crippen molar-refractivity contribution in [2.45, 2.75) is 26.2 Å². The predicted molar refractivity (Wildman–Crippen MR) is 77.1 cm³/mol. The zero-order valence-corrected chi connectivity index (χ0v) is 11.8. The smallest absolute Gasteiger partial charge is 0.277 e. The minimum atomic E-state index is -0.263. The van der Waals surface area contributed by atoms with Gasteiger partial charge in [0.15, 0.2) is 0 Å². The van der Waals surface area contributed by atoms with Gasteiger partial charge in [0.2, 0.25) is 0 Å². The Morgan fingerprint density at radius 1 is 1.37 bits per heavy atom. The van der Waals surface area contributed by atoms with Crippen LogP contribution in [0.2, 0.25) is 0 Å². The van der Waals surface area contributed by atoms with Crippen LogP contribution in [-0.4, -0.2) is 10.9 Å². The monoisotopic (exact) mass is 275 g/mol. The zero-order chi connectivity index (χ0) is 13.8. The normalized spacial score (nSPS) is 10.7. The molecule has 3 N–H and O–H groups in total. The summed E-state index contributed by atoms with van der Waals surface area (Å²) in [4.78, 5) is 16.9. The maximum Gasteiger partial charge on any atom is 0.277 e. The lowest BCUT2D eigenvalue weighted by Crippen LogP contribution is -2.30. The summed E-state index contributed by atoms with van der Waals surface area (Å²) in [5.74, 6) is 5.15. The van der Waals surface area contributed by atoms with Gasteiger partial charge in [0.1, 0.15) is 4.88 Å². The Balaban J connectivity index is 2.30. The van der Waals surface area contributed by atoms with Crippen LogP contribution >= 0.6 is 11.3 Å². The fraction of sp³-hybridized carbons (Fsp3) is 0.286. The van der Waals surface area contributed by atoms with E-state index >= 15 is 0 Å². The Hall–Kier alpha value is -1.72. The summed E-state index contributed by atoms with van der Waals surface area (Å²) in [6.07, 6.45) is 0.739. The van der Waals surface area contributed by atoms with E-state index in [1.165, 1.54) is 16.9 Å². The molecule has 2 aromatic rings. The number of nitrogens with two attached hydrogens (primary N) is 1. The number of nitrogens with one attached hydrogen (secondary N) is 1. The van der Waals surface area contributed by atoms with E-state index in [-0.39, 0.29) is 11.8 Å². The third kappa shape index (κ3) is 3.19. The van der Waals surface area contributed by atoms with Gasteiger partial charge in [-0.2, -0.15) is 0 Å². The number of carbonyl (C=O) groups excluding carboxylic acids is 1. The lowest BCUT2D eigenvalue weighted by Gasteiger charge is -2.02. The average Bonchev–Trinajstić information content (AvgIpc) is 2.83. The van der Waals surface area contributed by atoms with Crippen molar-refractivity contribution < 1.29 is 4.79 Å². The standard InChI is InChI=1S/C14H17N3OS/c1-9(2)12-13(14(18)17-15)19-11(16-12)8-10-6-4-3-5-7-10/h3-7,9H,8,15H2,1-2H3,(H,17,18). The number of hydrogen-bond acceptors (Lipinski definition) is 4. The van der Waals surface area contributed by atoms with E-state index in [0.717, 1.165) is 17.1 Å². The van der Waals surface area contributed by atoms with Crippen LogP contribution in [0.4, 0.5) is 0 Å². The summed E-state index contributed by atoms with van der Waals surface area (Å²) >= 11 is 1.41. The van der Waals surface area contributed by atoms with Crippen molar-refractivity contribution in [1.29, 1.82) is 0 Å². The van der Waals surface area contributed by atoms with Gasteiger partial charge in [0.05, 0.1) is 10.7 Å². The zero-order valence-electron chi connectivity index (χ0n) is 11.0. The molecule has 0 unspecified atom stereocenters. The molecular formula is C14H17N3OS. The molecule has 1 aromatic heterocycles. The number of nitrogens with zero attached hydrogens (tertiary/aromatic N) is 1. The first kappa shape index (κ1) is 13.7. The van der Waals surface area contributed by atoms with Gasteiger partial charge in [-0.1, -0.05) is 44.2 Å². The molecule has 5 heteroatoms. The van der Waals surface area contributed by atoms with E-state index in [1.54, 1.807) is 0 Å². The van der Waals surface area contributed by atoms with Crippen LogP contribution in [0.25, 0.3) is 0 Å². The molecule has 0 atom stereocenters. The lowest BCUT2D eigenvalue weighted by molar-refractivity contribution is 0.0956. The number of rotatable bonds is 4. The van der Waals surface area contributed by atoms with Crippen LogP contribution in [-0.2, 0) is 6.42 Å². The minimum absolute atomic E-state index is 0.202. The Morgan fingerprint density at radius 2 is 2.05 bits per heavy atom. The summed E-state index contributed by atoms with van der Waals surface area (Å²) in [6, 6.07) is 10.1. The third-order valence-electron chi connectivity index (χ3n) is 2.78. The molecule has 19 heavy (non-hydrogen) atoms. The number of nitrogen functional groups attached to an aromatic ring is 1. The second kappa shape index (κ2) is 5.95. The van der Waals surface area contributed by atoms with Gasteiger partial charge in [0.25, 0.3) is 5.91 Å². The summed E-state index contributed by atoms with van der Waals surface area (Å²) < 4.78 is 0. The first-order chi connectivity index (χ1) is 9.11. The molecule has 0 radical (unpaired) electrons. The molecule has 100 valence electrons. The third-order valence-corrected chi connectivity index (χ3v) is 3.85. The summed E-state index contributed by atoms with van der Waals surface area (Å²) in [5.41, 5.74) is 4.19. The van der Waals surface area contributed by atoms with Crippen molar-refractivity contribution in [3.05, 3.63) is 51.5 Å². The molecule has 0 bridgehead atoms. The fourth-order valence-electron chi connectivity index (χ4n) is 1.84. The van der Waals surface area contributed by atoms with Gasteiger partial charge >= 0.3 is 0 Å². The molecule has 0 aliphatic carbocycles. The molecule has 0 aliphatic heterocycles. The number of carbonyl (C=O) groups is 1. The molecule has 0 spiro atoms. The van der Waals surface area contributed by atoms with Gasteiger partial charge in [-0.05, 0) is 11.5 Å². The second-order valence-electron chi connectivity index (χ2n) is 4.61. The average molecular weight is 275 g/mol. The van der Waals surface area contributed by atoms with E-state index < -0.39 is 0 Å². The maximum absolute atomic E-state index is 11.7. The summed E-state index contributed by atoms with van der Waals surface area (Å²) in [5, 5.41) is 0.938. The summed E-state index contributed by atoms with van der Waals surface area (Å²) in [7, 11) is 0. The highest BCUT2D eigenvalue weighted by atomic mass is 32.1. The highest BCUT2D eigenvalue weighted by Gasteiger charge is 2.19. The van der Waals surface area contributed by atoms with Crippen molar-refractivity contribution >= 4 is 17.2 Å². The fourth-order valence-corrected chi connectivity index (χ4v) is 3.00. The number of hydrogen-bond donors (Lipinski definition) is 2. The molecule has 0 fully saturated rings. The van der Waals surface area contributed by atoms with Crippen LogP contribution in [0.15, 0.2) is 30.3 Å². The number of hydrazine groups is 1. The van der Waals surface area contributed by atoms with E-state index in [2.05, 4.69) is 22.5 Å². The van der Waals surface area contributed by atoms with Gasteiger partial charge in [-0.25, -0.2) is 10.8 Å². The number of aromatic nitrogens is 1. The van der Waals surface area contributed by atoms with Crippen molar-refractivity contribution in [3.63, 3.8) is 0 Å². The number of benzene rings is 1. The van der Waals surface area contributed by atoms with Crippen LogP contribution in [0, 0.1) is 0 Å². The van der Waals surface area contributed by atoms with E-state index in [0.29, 0.717) is 4.88 Å². The van der Waals surface area contributed by atoms with E-state index in [9.17, 15) is 4.79 Å². The number of amides is 1. The highest BCUT2D eigenvalue weighted by molar-refractivity contribution is 7.13. The molecule has 1 heterocycles. The van der Waals surface area contributed by atoms with Crippen molar-refractivity contribution in [2.24, 2.45) is 5.84 Å². The molecule has 1 aromatic carbocycles. The molecule has 2 rings (SSSR count). The Labute approximate surface area is 116 Å². The van der Waals surface area contributed by atoms with Gasteiger partial charge in [-0.3, -0.25) is 10.2 Å². The van der Waals surface area contributed by atoms with Crippen molar-refractivity contribution in [3.8, 4) is 0 Å². The van der Waals surface area contributed by atoms with Gasteiger partial charge in [-0.15, -0.1) is 11.3 Å². The first-order valence-electron chi connectivity index (χ1n) is 6.16. The SMILES string of the molecule is CC(C)c1nc(Cc2ccccc2)sc1C(=O)NN. The topological polar surface area (TPSA) is 68.0 Å².